The molecule has 3 aliphatic heterocycles. The minimum absolute atomic E-state index is 0.238. The number of hydroxylamine groups is 2. The van der Waals surface area contributed by atoms with E-state index in [1.54, 1.807) is 7.11 Å². The van der Waals surface area contributed by atoms with Gasteiger partial charge in [0, 0.05) is 42.4 Å². The van der Waals surface area contributed by atoms with Gasteiger partial charge in [0.25, 0.3) is 0 Å². The number of nitrogens with two attached hydrogens (primary N) is 1. The monoisotopic (exact) mass is 367 g/mol. The molecule has 27 heavy (non-hydrogen) atoms. The highest BCUT2D eigenvalue weighted by atomic mass is 16.7. The first kappa shape index (κ1) is 16.9. The van der Waals surface area contributed by atoms with Gasteiger partial charge in [-0.05, 0) is 37.1 Å². The molecular formula is C20H25N5O2. The van der Waals surface area contributed by atoms with Crippen molar-refractivity contribution in [3.05, 3.63) is 35.5 Å². The summed E-state index contributed by atoms with van der Waals surface area (Å²) in [5, 5.41) is 2.15. The van der Waals surface area contributed by atoms with Crippen LogP contribution in [0.5, 0.6) is 0 Å². The van der Waals surface area contributed by atoms with Gasteiger partial charge in [0.15, 0.2) is 5.82 Å². The van der Waals surface area contributed by atoms with Crippen molar-refractivity contribution in [3.63, 3.8) is 0 Å². The number of benzene rings is 1. The Labute approximate surface area is 159 Å². The lowest BCUT2D eigenvalue weighted by Gasteiger charge is -2.37. The summed E-state index contributed by atoms with van der Waals surface area (Å²) in [7, 11) is 1.77. The van der Waals surface area contributed by atoms with E-state index >= 15 is 0 Å². The summed E-state index contributed by atoms with van der Waals surface area (Å²) in [5.74, 6) is 1.82. The smallest absolute Gasteiger partial charge is 0.161 e. The maximum absolute atomic E-state index is 5.86. The van der Waals surface area contributed by atoms with Gasteiger partial charge in [-0.25, -0.2) is 9.97 Å². The third kappa shape index (κ3) is 2.86. The fourth-order valence-electron chi connectivity index (χ4n) is 4.60. The second-order valence-corrected chi connectivity index (χ2v) is 7.45. The van der Waals surface area contributed by atoms with Crippen molar-refractivity contribution < 1.29 is 9.57 Å². The van der Waals surface area contributed by atoms with Crippen LogP contribution < -0.4 is 10.6 Å². The highest BCUT2D eigenvalue weighted by molar-refractivity contribution is 5.64. The molecule has 4 heterocycles. The van der Waals surface area contributed by atoms with E-state index in [2.05, 4.69) is 9.96 Å². The van der Waals surface area contributed by atoms with E-state index in [1.165, 1.54) is 11.3 Å². The number of morpholine rings is 1. The first-order valence-corrected chi connectivity index (χ1v) is 9.66. The Morgan fingerprint density at radius 2 is 1.89 bits per heavy atom. The zero-order valence-corrected chi connectivity index (χ0v) is 15.6. The van der Waals surface area contributed by atoms with Crippen LogP contribution in [0.25, 0.3) is 11.4 Å². The first-order chi connectivity index (χ1) is 13.2. The van der Waals surface area contributed by atoms with Crippen LogP contribution in [0.3, 0.4) is 0 Å². The van der Waals surface area contributed by atoms with Crippen LogP contribution in [-0.2, 0) is 16.0 Å². The molecule has 7 nitrogen and oxygen atoms in total. The van der Waals surface area contributed by atoms with Crippen LogP contribution in [-0.4, -0.2) is 54.5 Å². The van der Waals surface area contributed by atoms with E-state index in [-0.39, 0.29) is 6.04 Å². The zero-order chi connectivity index (χ0) is 18.4. The quantitative estimate of drug-likeness (QED) is 0.833. The van der Waals surface area contributed by atoms with Gasteiger partial charge in [0.1, 0.15) is 5.82 Å². The Morgan fingerprint density at radius 1 is 1.11 bits per heavy atom. The number of hydrogen-bond donors (Lipinski definition) is 1. The van der Waals surface area contributed by atoms with E-state index in [0.717, 1.165) is 68.5 Å². The Bertz CT molecular complexity index is 835. The standard InChI is InChI=1S/C20H25N5O2/c1-26-25-15-6-7-17(25)18-16(12-15)22-19(13-2-4-14(21)5-3-13)23-20(18)24-8-10-27-11-9-24/h2-5,15,17H,6-12,21H2,1H3. The molecule has 2 saturated heterocycles. The molecule has 1 aromatic carbocycles. The summed E-state index contributed by atoms with van der Waals surface area (Å²) >= 11 is 0. The van der Waals surface area contributed by atoms with Crippen LogP contribution in [0.15, 0.2) is 24.3 Å². The molecule has 2 aromatic rings. The molecular weight excluding hydrogens is 342 g/mol. The highest BCUT2D eigenvalue weighted by Gasteiger charge is 2.44. The van der Waals surface area contributed by atoms with Gasteiger partial charge < -0.3 is 20.2 Å². The molecule has 142 valence electrons. The number of nitrogens with zero attached hydrogens (tertiary/aromatic N) is 4. The van der Waals surface area contributed by atoms with Gasteiger partial charge in [-0.2, -0.15) is 5.06 Å². The fraction of sp³-hybridized carbons (Fsp3) is 0.500. The Balaban J connectivity index is 1.64. The molecule has 0 spiro atoms. The molecule has 2 bridgehead atoms. The average molecular weight is 367 g/mol. The van der Waals surface area contributed by atoms with E-state index < -0.39 is 0 Å². The maximum Gasteiger partial charge on any atom is 0.161 e. The van der Waals surface area contributed by atoms with Crippen molar-refractivity contribution in [2.45, 2.75) is 31.3 Å². The van der Waals surface area contributed by atoms with Crippen molar-refractivity contribution in [3.8, 4) is 11.4 Å². The number of fused-ring (bicyclic) bond motifs is 4. The average Bonchev–Trinajstić information content (AvgIpc) is 3.01. The summed E-state index contributed by atoms with van der Waals surface area (Å²) in [6.45, 7) is 3.18. The van der Waals surface area contributed by atoms with Crippen molar-refractivity contribution >= 4 is 11.5 Å². The van der Waals surface area contributed by atoms with Crippen molar-refractivity contribution in [2.75, 3.05) is 44.0 Å². The van der Waals surface area contributed by atoms with Crippen LogP contribution in [0.4, 0.5) is 11.5 Å². The highest BCUT2D eigenvalue weighted by Crippen LogP contribution is 2.46. The number of aromatic nitrogens is 2. The zero-order valence-electron chi connectivity index (χ0n) is 15.6. The Kier molecular flexibility index (Phi) is 4.22. The van der Waals surface area contributed by atoms with Crippen molar-refractivity contribution in [1.29, 1.82) is 0 Å². The molecule has 0 radical (unpaired) electrons. The lowest BCUT2D eigenvalue weighted by Crippen LogP contribution is -2.41. The second-order valence-electron chi connectivity index (χ2n) is 7.45. The number of rotatable bonds is 3. The summed E-state index contributed by atoms with van der Waals surface area (Å²) in [6.07, 6.45) is 3.13. The molecule has 0 saturated carbocycles. The largest absolute Gasteiger partial charge is 0.399 e. The molecule has 2 N–H and O–H groups in total. The number of ether oxygens (including phenoxy) is 1. The molecule has 7 heteroatoms. The van der Waals surface area contributed by atoms with Crippen LogP contribution in [0.1, 0.15) is 30.1 Å². The molecule has 0 aliphatic carbocycles. The van der Waals surface area contributed by atoms with Crippen molar-refractivity contribution in [1.82, 2.24) is 15.0 Å². The third-order valence-corrected chi connectivity index (χ3v) is 5.90. The van der Waals surface area contributed by atoms with Gasteiger partial charge >= 0.3 is 0 Å². The van der Waals surface area contributed by atoms with Crippen molar-refractivity contribution in [2.24, 2.45) is 0 Å². The fourth-order valence-corrected chi connectivity index (χ4v) is 4.60. The van der Waals surface area contributed by atoms with Gasteiger partial charge in [0.2, 0.25) is 0 Å². The van der Waals surface area contributed by atoms with Crippen LogP contribution in [0, 0.1) is 0 Å². The normalized spacial score (nSPS) is 24.9. The van der Waals surface area contributed by atoms with Gasteiger partial charge in [-0.3, -0.25) is 0 Å². The van der Waals surface area contributed by atoms with Gasteiger partial charge in [0.05, 0.1) is 32.1 Å². The molecule has 2 unspecified atom stereocenters. The van der Waals surface area contributed by atoms with Gasteiger partial charge in [-0.15, -0.1) is 0 Å². The Morgan fingerprint density at radius 3 is 2.63 bits per heavy atom. The summed E-state index contributed by atoms with van der Waals surface area (Å²) in [4.78, 5) is 18.1. The summed E-state index contributed by atoms with van der Waals surface area (Å²) in [5.41, 5.74) is 10.0. The van der Waals surface area contributed by atoms with Crippen LogP contribution in [0.2, 0.25) is 0 Å². The maximum atomic E-state index is 5.86. The molecule has 3 aliphatic rings. The summed E-state index contributed by atoms with van der Waals surface area (Å²) in [6, 6.07) is 8.45. The number of anilines is 2. The summed E-state index contributed by atoms with van der Waals surface area (Å²) < 4.78 is 5.56. The Hall–Kier alpha value is -2.22. The second kappa shape index (κ2) is 6.74. The third-order valence-electron chi connectivity index (χ3n) is 5.90. The molecule has 1 aromatic heterocycles. The van der Waals surface area contributed by atoms with E-state index in [0.29, 0.717) is 6.04 Å². The van der Waals surface area contributed by atoms with E-state index in [9.17, 15) is 0 Å². The molecule has 2 atom stereocenters. The number of nitrogen functional groups attached to an aromatic ring is 1. The minimum atomic E-state index is 0.238. The predicted octanol–water partition coefficient (Wildman–Crippen LogP) is 2.19. The van der Waals surface area contributed by atoms with Crippen LogP contribution >= 0.6 is 0 Å². The lowest BCUT2D eigenvalue weighted by atomic mass is 9.98. The van der Waals surface area contributed by atoms with Gasteiger partial charge in [-0.1, -0.05) is 0 Å². The number of hydrogen-bond acceptors (Lipinski definition) is 7. The predicted molar refractivity (Wildman–Crippen MR) is 103 cm³/mol. The molecule has 2 fully saturated rings. The molecule has 0 amide bonds. The van der Waals surface area contributed by atoms with E-state index in [4.69, 9.17) is 25.3 Å². The lowest BCUT2D eigenvalue weighted by molar-refractivity contribution is -0.174. The SMILES string of the molecule is CON1C2CCC1c1c(nc(-c3ccc(N)cc3)nc1N1CCOCC1)C2. The first-order valence-electron chi connectivity index (χ1n) is 9.66. The molecule has 5 rings (SSSR count). The topological polar surface area (TPSA) is 76.7 Å². The minimum Gasteiger partial charge on any atom is -0.399 e. The van der Waals surface area contributed by atoms with E-state index in [1.807, 2.05) is 24.3 Å².